The fourth-order valence-corrected chi connectivity index (χ4v) is 3.71. The molecule has 1 aliphatic rings. The van der Waals surface area contributed by atoms with Gasteiger partial charge in [-0.1, -0.05) is 35.9 Å². The van der Waals surface area contributed by atoms with Crippen molar-refractivity contribution in [1.82, 2.24) is 9.88 Å². The molecule has 2 aromatic carbocycles. The summed E-state index contributed by atoms with van der Waals surface area (Å²) in [5, 5.41) is 3.40. The summed E-state index contributed by atoms with van der Waals surface area (Å²) in [6.45, 7) is 1.93. The molecule has 0 unspecified atom stereocenters. The van der Waals surface area contributed by atoms with E-state index >= 15 is 0 Å². The molecule has 1 saturated heterocycles. The number of amides is 3. The van der Waals surface area contributed by atoms with Gasteiger partial charge in [-0.05, 0) is 43.4 Å². The number of benzene rings is 2. The number of hydrogen-bond acceptors (Lipinski definition) is 4. The largest absolute Gasteiger partial charge is 0.368 e. The molecule has 3 aromatic rings. The molecule has 7 nitrogen and oxygen atoms in total. The van der Waals surface area contributed by atoms with Gasteiger partial charge in [0.25, 0.3) is 11.8 Å². The Kier molecular flexibility index (Phi) is 4.93. The van der Waals surface area contributed by atoms with Crippen molar-refractivity contribution in [3.63, 3.8) is 0 Å². The van der Waals surface area contributed by atoms with E-state index in [1.165, 1.54) is 11.0 Å². The van der Waals surface area contributed by atoms with Gasteiger partial charge in [-0.25, -0.2) is 0 Å². The minimum atomic E-state index is -0.569. The molecule has 1 aromatic heterocycles. The zero-order chi connectivity index (χ0) is 21.4. The Balaban J connectivity index is 1.80. The number of carbonyl (C=O) groups excluding carboxylic acids is 3. The standard InChI is InChI=1S/C22H18N4O3S/c1-13-6-8-15(9-7-13)26-21(29)17(20(28)24-22(26)30)10-14-11-25(12-19(23)27)18-5-3-2-4-16(14)18/h2-11H,12H2,1H3,(H2,23,27)(H,24,28,30). The molecule has 0 atom stereocenters. The van der Waals surface area contributed by atoms with Gasteiger partial charge >= 0.3 is 0 Å². The molecule has 150 valence electrons. The number of nitrogens with one attached hydrogen (secondary N) is 1. The number of primary amides is 1. The molecule has 3 amide bonds. The number of carbonyl (C=O) groups is 3. The van der Waals surface area contributed by atoms with E-state index in [-0.39, 0.29) is 17.2 Å². The molecule has 0 aliphatic carbocycles. The van der Waals surface area contributed by atoms with Crippen molar-refractivity contribution < 1.29 is 14.4 Å². The summed E-state index contributed by atoms with van der Waals surface area (Å²) in [4.78, 5) is 38.5. The van der Waals surface area contributed by atoms with Crippen LogP contribution >= 0.6 is 12.2 Å². The average molecular weight is 418 g/mol. The van der Waals surface area contributed by atoms with E-state index in [0.29, 0.717) is 11.3 Å². The van der Waals surface area contributed by atoms with Crippen LogP contribution in [0, 0.1) is 6.92 Å². The Morgan fingerprint density at radius 3 is 2.53 bits per heavy atom. The summed E-state index contributed by atoms with van der Waals surface area (Å²) in [7, 11) is 0. The van der Waals surface area contributed by atoms with Gasteiger partial charge in [0, 0.05) is 22.7 Å². The van der Waals surface area contributed by atoms with E-state index in [2.05, 4.69) is 5.32 Å². The van der Waals surface area contributed by atoms with Crippen LogP contribution in [0.5, 0.6) is 0 Å². The van der Waals surface area contributed by atoms with Gasteiger partial charge in [0.1, 0.15) is 12.1 Å². The van der Waals surface area contributed by atoms with Gasteiger partial charge in [0.05, 0.1) is 5.69 Å². The molecule has 4 rings (SSSR count). The first kappa shape index (κ1) is 19.5. The molecule has 1 fully saturated rings. The van der Waals surface area contributed by atoms with Crippen molar-refractivity contribution in [1.29, 1.82) is 0 Å². The quantitative estimate of drug-likeness (QED) is 0.386. The number of aryl methyl sites for hydroxylation is 1. The lowest BCUT2D eigenvalue weighted by Gasteiger charge is -2.29. The number of aromatic nitrogens is 1. The molecule has 30 heavy (non-hydrogen) atoms. The number of anilines is 1. The summed E-state index contributed by atoms with van der Waals surface area (Å²) in [6, 6.07) is 14.7. The molecular formula is C22H18N4O3S. The highest BCUT2D eigenvalue weighted by atomic mass is 32.1. The number of rotatable bonds is 4. The fourth-order valence-electron chi connectivity index (χ4n) is 3.43. The number of nitrogens with zero attached hydrogens (tertiary/aromatic N) is 2. The molecule has 0 bridgehead atoms. The maximum absolute atomic E-state index is 13.2. The van der Waals surface area contributed by atoms with Crippen LogP contribution in [0.4, 0.5) is 5.69 Å². The van der Waals surface area contributed by atoms with E-state index in [4.69, 9.17) is 18.0 Å². The third-order valence-corrected chi connectivity index (χ3v) is 5.12. The van der Waals surface area contributed by atoms with Crippen LogP contribution < -0.4 is 16.0 Å². The van der Waals surface area contributed by atoms with E-state index < -0.39 is 17.7 Å². The van der Waals surface area contributed by atoms with Crippen molar-refractivity contribution in [3.8, 4) is 0 Å². The van der Waals surface area contributed by atoms with E-state index in [0.717, 1.165) is 16.5 Å². The van der Waals surface area contributed by atoms with Gasteiger partial charge in [-0.15, -0.1) is 0 Å². The number of para-hydroxylation sites is 1. The van der Waals surface area contributed by atoms with E-state index in [1.54, 1.807) is 22.9 Å². The Morgan fingerprint density at radius 1 is 1.13 bits per heavy atom. The number of thiocarbonyl (C=S) groups is 1. The lowest BCUT2D eigenvalue weighted by atomic mass is 10.1. The predicted molar refractivity (Wildman–Crippen MR) is 119 cm³/mol. The maximum atomic E-state index is 13.2. The van der Waals surface area contributed by atoms with Gasteiger partial charge in [-0.2, -0.15) is 0 Å². The minimum absolute atomic E-state index is 0.0105. The third kappa shape index (κ3) is 3.48. The SMILES string of the molecule is Cc1ccc(N2C(=O)C(=Cc3cn(CC(N)=O)c4ccccc34)C(=O)NC2=S)cc1. The predicted octanol–water partition coefficient (Wildman–Crippen LogP) is 2.27. The van der Waals surface area contributed by atoms with Crippen molar-refractivity contribution in [2.45, 2.75) is 13.5 Å². The smallest absolute Gasteiger partial charge is 0.270 e. The van der Waals surface area contributed by atoms with Crippen LogP contribution in [0.25, 0.3) is 17.0 Å². The Hall–Kier alpha value is -3.78. The molecular weight excluding hydrogens is 400 g/mol. The molecule has 2 heterocycles. The first-order valence-corrected chi connectivity index (χ1v) is 9.60. The monoisotopic (exact) mass is 418 g/mol. The molecule has 0 spiro atoms. The molecule has 8 heteroatoms. The average Bonchev–Trinajstić information content (AvgIpc) is 3.03. The summed E-state index contributed by atoms with van der Waals surface area (Å²) in [6.07, 6.45) is 3.21. The van der Waals surface area contributed by atoms with Crippen LogP contribution in [0.2, 0.25) is 0 Å². The normalized spacial score (nSPS) is 15.7. The maximum Gasteiger partial charge on any atom is 0.270 e. The van der Waals surface area contributed by atoms with E-state index in [9.17, 15) is 14.4 Å². The minimum Gasteiger partial charge on any atom is -0.368 e. The second kappa shape index (κ2) is 7.57. The van der Waals surface area contributed by atoms with Crippen molar-refractivity contribution in [3.05, 3.63) is 71.4 Å². The lowest BCUT2D eigenvalue weighted by Crippen LogP contribution is -2.54. The number of nitrogens with two attached hydrogens (primary N) is 1. The topological polar surface area (TPSA) is 97.4 Å². The van der Waals surface area contributed by atoms with Crippen LogP contribution in [0.1, 0.15) is 11.1 Å². The molecule has 0 saturated carbocycles. The number of hydrogen-bond donors (Lipinski definition) is 2. The Labute approximate surface area is 177 Å². The first-order valence-electron chi connectivity index (χ1n) is 9.19. The van der Waals surface area contributed by atoms with Crippen LogP contribution in [0.3, 0.4) is 0 Å². The van der Waals surface area contributed by atoms with Crippen molar-refractivity contribution >= 4 is 57.7 Å². The van der Waals surface area contributed by atoms with Crippen LogP contribution in [-0.4, -0.2) is 27.4 Å². The lowest BCUT2D eigenvalue weighted by molar-refractivity contribution is -0.122. The second-order valence-electron chi connectivity index (χ2n) is 6.99. The summed E-state index contributed by atoms with van der Waals surface area (Å²) >= 11 is 5.23. The Morgan fingerprint density at radius 2 is 1.83 bits per heavy atom. The highest BCUT2D eigenvalue weighted by Crippen LogP contribution is 2.26. The van der Waals surface area contributed by atoms with E-state index in [1.807, 2.05) is 43.3 Å². The molecule has 1 aliphatic heterocycles. The highest BCUT2D eigenvalue weighted by molar-refractivity contribution is 7.80. The number of fused-ring (bicyclic) bond motifs is 1. The van der Waals surface area contributed by atoms with Gasteiger partial charge in [-0.3, -0.25) is 24.6 Å². The van der Waals surface area contributed by atoms with Crippen LogP contribution in [0.15, 0.2) is 60.3 Å². The summed E-state index contributed by atoms with van der Waals surface area (Å²) in [5.74, 6) is -1.57. The summed E-state index contributed by atoms with van der Waals surface area (Å²) < 4.78 is 1.69. The first-order chi connectivity index (χ1) is 14.3. The second-order valence-corrected chi connectivity index (χ2v) is 7.38. The molecule has 0 radical (unpaired) electrons. The fraction of sp³-hybridized carbons (Fsp3) is 0.0909. The highest BCUT2D eigenvalue weighted by Gasteiger charge is 2.34. The van der Waals surface area contributed by atoms with Crippen molar-refractivity contribution in [2.75, 3.05) is 4.90 Å². The zero-order valence-corrected chi connectivity index (χ0v) is 16.9. The van der Waals surface area contributed by atoms with Gasteiger partial charge < -0.3 is 10.3 Å². The Bertz CT molecular complexity index is 1240. The summed E-state index contributed by atoms with van der Waals surface area (Å²) in [5.41, 5.74) is 8.31. The van der Waals surface area contributed by atoms with Crippen molar-refractivity contribution in [2.24, 2.45) is 5.73 Å². The zero-order valence-electron chi connectivity index (χ0n) is 16.1. The third-order valence-electron chi connectivity index (χ3n) is 4.84. The van der Waals surface area contributed by atoms with Gasteiger partial charge in [0.2, 0.25) is 5.91 Å². The van der Waals surface area contributed by atoms with Gasteiger partial charge in [0.15, 0.2) is 5.11 Å². The molecule has 3 N–H and O–H groups in total. The van der Waals surface area contributed by atoms with Crippen LogP contribution in [-0.2, 0) is 20.9 Å².